The molecule has 4 nitrogen and oxygen atoms in total. The molecule has 2 aliphatic rings. The predicted octanol–water partition coefficient (Wildman–Crippen LogP) is 1.01. The van der Waals surface area contributed by atoms with E-state index in [1.54, 1.807) is 6.20 Å². The van der Waals surface area contributed by atoms with Gasteiger partial charge >= 0.3 is 5.69 Å². The van der Waals surface area contributed by atoms with Crippen LogP contribution in [0, 0.1) is 0 Å². The third kappa shape index (κ3) is 1.07. The third-order valence-electron chi connectivity index (χ3n) is 3.96. The number of rotatable bonds is 0. The molecule has 1 aromatic rings. The molecular weight excluding hydrogens is 190 g/mol. The lowest BCUT2D eigenvalue weighted by molar-refractivity contribution is 0.399. The Kier molecular flexibility index (Phi) is 1.69. The molecule has 80 valence electrons. The topological polar surface area (TPSA) is 38.1 Å². The van der Waals surface area contributed by atoms with Gasteiger partial charge in [0, 0.05) is 13.2 Å². The lowest BCUT2D eigenvalue weighted by Crippen LogP contribution is -2.41. The van der Waals surface area contributed by atoms with Crippen LogP contribution in [0.2, 0.25) is 0 Å². The summed E-state index contributed by atoms with van der Waals surface area (Å²) in [4.78, 5) is 17.7. The van der Waals surface area contributed by atoms with E-state index < -0.39 is 0 Å². The number of nitrogens with zero attached hydrogens (tertiary/aromatic N) is 3. The van der Waals surface area contributed by atoms with Gasteiger partial charge in [-0.2, -0.15) is 0 Å². The first-order valence-corrected chi connectivity index (χ1v) is 5.53. The van der Waals surface area contributed by atoms with E-state index >= 15 is 0 Å². The minimum Gasteiger partial charge on any atom is -0.353 e. The van der Waals surface area contributed by atoms with Crippen LogP contribution >= 0.6 is 0 Å². The second kappa shape index (κ2) is 2.84. The molecule has 1 saturated carbocycles. The maximum atomic E-state index is 11.6. The van der Waals surface area contributed by atoms with Gasteiger partial charge in [-0.05, 0) is 18.9 Å². The van der Waals surface area contributed by atoms with E-state index in [1.165, 1.54) is 25.7 Å². The quantitative estimate of drug-likeness (QED) is 0.634. The minimum absolute atomic E-state index is 0.108. The van der Waals surface area contributed by atoms with Crippen molar-refractivity contribution in [3.63, 3.8) is 0 Å². The third-order valence-corrected chi connectivity index (χ3v) is 3.96. The molecule has 4 heteroatoms. The first kappa shape index (κ1) is 8.95. The summed E-state index contributed by atoms with van der Waals surface area (Å²) in [5, 5.41) is 0. The van der Waals surface area contributed by atoms with Crippen molar-refractivity contribution in [2.24, 2.45) is 0 Å². The summed E-state index contributed by atoms with van der Waals surface area (Å²) in [5.41, 5.74) is 0.0953. The Morgan fingerprint density at radius 1 is 1.40 bits per heavy atom. The highest BCUT2D eigenvalue weighted by atomic mass is 16.1. The van der Waals surface area contributed by atoms with Crippen LogP contribution in [-0.2, 0) is 6.54 Å². The first-order chi connectivity index (χ1) is 7.23. The number of fused-ring (bicyclic) bond motifs is 1. The van der Waals surface area contributed by atoms with Gasteiger partial charge in [-0.15, -0.1) is 0 Å². The summed E-state index contributed by atoms with van der Waals surface area (Å²) in [6.07, 6.45) is 6.56. The zero-order valence-corrected chi connectivity index (χ0v) is 8.94. The fraction of sp³-hybridized carbons (Fsp3) is 0.636. The van der Waals surface area contributed by atoms with Crippen molar-refractivity contribution in [1.82, 2.24) is 9.55 Å². The van der Waals surface area contributed by atoms with Gasteiger partial charge < -0.3 is 4.90 Å². The molecule has 3 rings (SSSR count). The van der Waals surface area contributed by atoms with E-state index in [1.807, 2.05) is 10.6 Å². The van der Waals surface area contributed by atoms with Gasteiger partial charge in [0.25, 0.3) is 0 Å². The van der Waals surface area contributed by atoms with E-state index in [0.717, 1.165) is 12.4 Å². The standard InChI is InChI=1S/C11H15N3O/c1-13-9-4-7-12-10(15)14(9)8-11(13)5-2-3-6-11/h4,7H,2-3,5-6,8H2,1H3. The monoisotopic (exact) mass is 205 g/mol. The molecule has 0 aromatic carbocycles. The molecule has 1 spiro atoms. The summed E-state index contributed by atoms with van der Waals surface area (Å²) >= 11 is 0. The highest BCUT2D eigenvalue weighted by Crippen LogP contribution is 2.42. The fourth-order valence-electron chi connectivity index (χ4n) is 3.04. The van der Waals surface area contributed by atoms with Crippen LogP contribution < -0.4 is 10.6 Å². The maximum absolute atomic E-state index is 11.6. The molecule has 0 unspecified atom stereocenters. The van der Waals surface area contributed by atoms with Gasteiger partial charge in [0.05, 0.1) is 12.1 Å². The molecule has 0 amide bonds. The van der Waals surface area contributed by atoms with Crippen LogP contribution in [0.1, 0.15) is 25.7 Å². The highest BCUT2D eigenvalue weighted by molar-refractivity contribution is 5.46. The average molecular weight is 205 g/mol. The van der Waals surface area contributed by atoms with Gasteiger partial charge in [0.2, 0.25) is 0 Å². The zero-order valence-electron chi connectivity index (χ0n) is 8.94. The molecular formula is C11H15N3O. The molecule has 0 radical (unpaired) electrons. The van der Waals surface area contributed by atoms with Crippen LogP contribution in [0.4, 0.5) is 5.82 Å². The van der Waals surface area contributed by atoms with E-state index in [9.17, 15) is 4.79 Å². The molecule has 2 heterocycles. The highest BCUT2D eigenvalue weighted by Gasteiger charge is 2.44. The van der Waals surface area contributed by atoms with Crippen molar-refractivity contribution in [2.45, 2.75) is 37.8 Å². The first-order valence-electron chi connectivity index (χ1n) is 5.53. The van der Waals surface area contributed by atoms with E-state index in [0.29, 0.717) is 0 Å². The summed E-state index contributed by atoms with van der Waals surface area (Å²) in [6, 6.07) is 1.94. The van der Waals surface area contributed by atoms with Crippen molar-refractivity contribution in [3.8, 4) is 0 Å². The van der Waals surface area contributed by atoms with Crippen molar-refractivity contribution in [3.05, 3.63) is 22.7 Å². The van der Waals surface area contributed by atoms with Crippen LogP contribution in [-0.4, -0.2) is 22.1 Å². The van der Waals surface area contributed by atoms with Crippen molar-refractivity contribution in [2.75, 3.05) is 11.9 Å². The Morgan fingerprint density at radius 3 is 2.80 bits per heavy atom. The Balaban J connectivity index is 2.12. The molecule has 0 saturated heterocycles. The molecule has 0 atom stereocenters. The summed E-state index contributed by atoms with van der Waals surface area (Å²) in [5.74, 6) is 1.02. The van der Waals surface area contributed by atoms with Gasteiger partial charge in [-0.1, -0.05) is 12.8 Å². The normalized spacial score (nSPS) is 22.3. The van der Waals surface area contributed by atoms with Gasteiger partial charge in [-0.3, -0.25) is 4.57 Å². The van der Waals surface area contributed by atoms with Crippen LogP contribution in [0.25, 0.3) is 0 Å². The Morgan fingerprint density at radius 2 is 2.13 bits per heavy atom. The lowest BCUT2D eigenvalue weighted by atomic mass is 9.97. The molecule has 15 heavy (non-hydrogen) atoms. The van der Waals surface area contributed by atoms with Gasteiger partial charge in [0.1, 0.15) is 5.82 Å². The van der Waals surface area contributed by atoms with E-state index in [2.05, 4.69) is 16.9 Å². The van der Waals surface area contributed by atoms with Crippen LogP contribution in [0.15, 0.2) is 17.1 Å². The largest absolute Gasteiger partial charge is 0.353 e. The number of aromatic nitrogens is 2. The molecule has 0 N–H and O–H groups in total. The molecule has 0 bridgehead atoms. The summed E-state index contributed by atoms with van der Waals surface area (Å²) in [7, 11) is 2.10. The van der Waals surface area contributed by atoms with Crippen molar-refractivity contribution < 1.29 is 0 Å². The molecule has 1 aliphatic carbocycles. The fourth-order valence-corrected chi connectivity index (χ4v) is 3.04. The summed E-state index contributed by atoms with van der Waals surface area (Å²) in [6.45, 7) is 0.825. The number of likely N-dealkylation sites (N-methyl/N-ethyl adjacent to an activating group) is 1. The second-order valence-electron chi connectivity index (χ2n) is 4.66. The van der Waals surface area contributed by atoms with Crippen molar-refractivity contribution in [1.29, 1.82) is 0 Å². The zero-order chi connectivity index (χ0) is 10.5. The Bertz CT molecular complexity index is 445. The smallest absolute Gasteiger partial charge is 0.349 e. The van der Waals surface area contributed by atoms with Crippen LogP contribution in [0.5, 0.6) is 0 Å². The van der Waals surface area contributed by atoms with Gasteiger partial charge in [-0.25, -0.2) is 9.78 Å². The Hall–Kier alpha value is -1.32. The van der Waals surface area contributed by atoms with Crippen molar-refractivity contribution >= 4 is 5.82 Å². The minimum atomic E-state index is -0.108. The molecule has 1 fully saturated rings. The number of hydrogen-bond acceptors (Lipinski definition) is 3. The van der Waals surface area contributed by atoms with E-state index in [-0.39, 0.29) is 11.2 Å². The van der Waals surface area contributed by atoms with Gasteiger partial charge in [0.15, 0.2) is 0 Å². The summed E-state index contributed by atoms with van der Waals surface area (Å²) < 4.78 is 1.81. The SMILES string of the molecule is CN1c2ccnc(=O)n2CC12CCCC2. The van der Waals surface area contributed by atoms with E-state index in [4.69, 9.17) is 0 Å². The predicted molar refractivity (Wildman–Crippen MR) is 58.1 cm³/mol. The average Bonchev–Trinajstić information content (AvgIpc) is 2.79. The second-order valence-corrected chi connectivity index (χ2v) is 4.66. The number of anilines is 1. The Labute approximate surface area is 88.5 Å². The molecule has 1 aromatic heterocycles. The number of hydrogen-bond donors (Lipinski definition) is 0. The lowest BCUT2D eigenvalue weighted by Gasteiger charge is -2.32. The maximum Gasteiger partial charge on any atom is 0.349 e. The molecule has 1 aliphatic heterocycles. The van der Waals surface area contributed by atoms with Crippen LogP contribution in [0.3, 0.4) is 0 Å².